The Balaban J connectivity index is 1.86. The molecule has 104 valence electrons. The Bertz CT molecular complexity index is 432. The molecule has 0 radical (unpaired) electrons. The summed E-state index contributed by atoms with van der Waals surface area (Å²) in [6.45, 7) is 1.98. The van der Waals surface area contributed by atoms with Crippen LogP contribution >= 0.6 is 11.6 Å². The predicted octanol–water partition coefficient (Wildman–Crippen LogP) is 3.03. The van der Waals surface area contributed by atoms with Gasteiger partial charge in [0.2, 0.25) is 5.91 Å². The van der Waals surface area contributed by atoms with Crippen LogP contribution in [0.25, 0.3) is 0 Å². The molecule has 19 heavy (non-hydrogen) atoms. The van der Waals surface area contributed by atoms with Crippen LogP contribution in [-0.4, -0.2) is 11.9 Å². The average molecular weight is 281 g/mol. The molecular weight excluding hydrogens is 260 g/mol. The second-order valence-electron chi connectivity index (χ2n) is 5.40. The van der Waals surface area contributed by atoms with Crippen LogP contribution in [0.5, 0.6) is 0 Å². The first-order chi connectivity index (χ1) is 9.06. The Kier molecular flexibility index (Phi) is 4.83. The van der Waals surface area contributed by atoms with Crippen LogP contribution in [0.15, 0.2) is 24.3 Å². The lowest BCUT2D eigenvalue weighted by atomic mass is 9.99. The molecule has 1 aliphatic carbocycles. The molecular formula is C15H21ClN2O. The Labute approximate surface area is 119 Å². The first-order valence-corrected chi connectivity index (χ1v) is 7.24. The standard InChI is InChI=1S/C15H21ClN2O/c1-10(11-5-7-13(16)8-6-11)18-15(19)9-12-3-2-4-14(12)17/h5-8,10,12,14H,2-4,9,17H2,1H3,(H,18,19)/t10?,12-,14+/m0/s1. The van der Waals surface area contributed by atoms with Gasteiger partial charge < -0.3 is 11.1 Å². The second-order valence-corrected chi connectivity index (χ2v) is 5.84. The molecule has 3 nitrogen and oxygen atoms in total. The van der Waals surface area contributed by atoms with Gasteiger partial charge in [-0.25, -0.2) is 0 Å². The van der Waals surface area contributed by atoms with Gasteiger partial charge in [0, 0.05) is 17.5 Å². The maximum absolute atomic E-state index is 12.0. The zero-order valence-electron chi connectivity index (χ0n) is 11.2. The minimum absolute atomic E-state index is 0.00222. The van der Waals surface area contributed by atoms with Gasteiger partial charge in [0.25, 0.3) is 0 Å². The smallest absolute Gasteiger partial charge is 0.220 e. The average Bonchev–Trinajstić information content (AvgIpc) is 2.75. The van der Waals surface area contributed by atoms with Crippen LogP contribution in [-0.2, 0) is 4.79 Å². The van der Waals surface area contributed by atoms with Crippen molar-refractivity contribution in [3.05, 3.63) is 34.9 Å². The van der Waals surface area contributed by atoms with Gasteiger partial charge in [-0.3, -0.25) is 4.79 Å². The molecule has 1 aromatic rings. The van der Waals surface area contributed by atoms with Gasteiger partial charge in [0.15, 0.2) is 0 Å². The molecule has 1 saturated carbocycles. The van der Waals surface area contributed by atoms with Crippen molar-refractivity contribution >= 4 is 17.5 Å². The van der Waals surface area contributed by atoms with Gasteiger partial charge in [0.1, 0.15) is 0 Å². The van der Waals surface area contributed by atoms with Crippen molar-refractivity contribution in [2.24, 2.45) is 11.7 Å². The van der Waals surface area contributed by atoms with E-state index in [0.29, 0.717) is 17.4 Å². The largest absolute Gasteiger partial charge is 0.350 e. The zero-order valence-corrected chi connectivity index (χ0v) is 12.0. The van der Waals surface area contributed by atoms with Crippen molar-refractivity contribution in [3.8, 4) is 0 Å². The number of rotatable bonds is 4. The topological polar surface area (TPSA) is 55.1 Å². The third kappa shape index (κ3) is 3.95. The van der Waals surface area contributed by atoms with E-state index in [2.05, 4.69) is 5.32 Å². The number of nitrogens with two attached hydrogens (primary N) is 1. The number of benzene rings is 1. The SMILES string of the molecule is CC(NC(=O)C[C@@H]1CCC[C@H]1N)c1ccc(Cl)cc1. The summed E-state index contributed by atoms with van der Waals surface area (Å²) in [4.78, 5) is 12.0. The van der Waals surface area contributed by atoms with Crippen LogP contribution in [0.2, 0.25) is 5.02 Å². The van der Waals surface area contributed by atoms with E-state index in [1.165, 1.54) is 0 Å². The normalized spacial score (nSPS) is 24.2. The molecule has 1 aromatic carbocycles. The Morgan fingerprint density at radius 2 is 2.11 bits per heavy atom. The van der Waals surface area contributed by atoms with Crippen molar-refractivity contribution in [3.63, 3.8) is 0 Å². The number of hydrogen-bond acceptors (Lipinski definition) is 2. The van der Waals surface area contributed by atoms with Gasteiger partial charge in [-0.1, -0.05) is 30.2 Å². The predicted molar refractivity (Wildman–Crippen MR) is 77.9 cm³/mol. The molecule has 0 bridgehead atoms. The highest BCUT2D eigenvalue weighted by Gasteiger charge is 2.26. The summed E-state index contributed by atoms with van der Waals surface area (Å²) < 4.78 is 0. The minimum atomic E-state index is 0.00222. The van der Waals surface area contributed by atoms with Crippen LogP contribution in [0, 0.1) is 5.92 Å². The highest BCUT2D eigenvalue weighted by Crippen LogP contribution is 2.27. The van der Waals surface area contributed by atoms with Crippen LogP contribution in [0.4, 0.5) is 0 Å². The van der Waals surface area contributed by atoms with Crippen molar-refractivity contribution in [1.29, 1.82) is 0 Å². The fourth-order valence-electron chi connectivity index (χ4n) is 2.69. The summed E-state index contributed by atoms with van der Waals surface area (Å²) in [5.41, 5.74) is 7.05. The first kappa shape index (κ1) is 14.4. The van der Waals surface area contributed by atoms with Crippen molar-refractivity contribution in [1.82, 2.24) is 5.32 Å². The molecule has 0 spiro atoms. The van der Waals surface area contributed by atoms with E-state index in [1.54, 1.807) is 0 Å². The van der Waals surface area contributed by atoms with E-state index >= 15 is 0 Å². The molecule has 1 aliphatic rings. The summed E-state index contributed by atoms with van der Waals surface area (Å²) in [6, 6.07) is 7.75. The van der Waals surface area contributed by atoms with Crippen LogP contribution < -0.4 is 11.1 Å². The lowest BCUT2D eigenvalue weighted by molar-refractivity contribution is -0.122. The van der Waals surface area contributed by atoms with E-state index < -0.39 is 0 Å². The first-order valence-electron chi connectivity index (χ1n) is 6.86. The molecule has 0 aliphatic heterocycles. The Morgan fingerprint density at radius 1 is 1.42 bits per heavy atom. The van der Waals surface area contributed by atoms with E-state index in [9.17, 15) is 4.79 Å². The van der Waals surface area contributed by atoms with Crippen molar-refractivity contribution in [2.45, 2.75) is 44.7 Å². The second kappa shape index (κ2) is 6.40. The zero-order chi connectivity index (χ0) is 13.8. The Hall–Kier alpha value is -1.06. The summed E-state index contributed by atoms with van der Waals surface area (Å²) in [7, 11) is 0. The van der Waals surface area contributed by atoms with Crippen LogP contribution in [0.1, 0.15) is 44.2 Å². The quantitative estimate of drug-likeness (QED) is 0.891. The van der Waals surface area contributed by atoms with E-state index in [1.807, 2.05) is 31.2 Å². The van der Waals surface area contributed by atoms with Crippen LogP contribution in [0.3, 0.4) is 0 Å². The molecule has 1 unspecified atom stereocenters. The summed E-state index contributed by atoms with van der Waals surface area (Å²) >= 11 is 5.85. The fourth-order valence-corrected chi connectivity index (χ4v) is 2.82. The van der Waals surface area contributed by atoms with Gasteiger partial charge in [0.05, 0.1) is 6.04 Å². The Morgan fingerprint density at radius 3 is 2.68 bits per heavy atom. The number of hydrogen-bond donors (Lipinski definition) is 2. The monoisotopic (exact) mass is 280 g/mol. The highest BCUT2D eigenvalue weighted by molar-refractivity contribution is 6.30. The molecule has 0 aromatic heterocycles. The molecule has 2 rings (SSSR count). The third-order valence-electron chi connectivity index (χ3n) is 3.91. The molecule has 4 heteroatoms. The van der Waals surface area contributed by atoms with E-state index in [4.69, 9.17) is 17.3 Å². The molecule has 0 saturated heterocycles. The summed E-state index contributed by atoms with van der Waals surface area (Å²) in [6.07, 6.45) is 3.81. The molecule has 0 heterocycles. The van der Waals surface area contributed by atoms with Crippen molar-refractivity contribution in [2.75, 3.05) is 0 Å². The van der Waals surface area contributed by atoms with Gasteiger partial charge in [-0.05, 0) is 43.4 Å². The van der Waals surface area contributed by atoms with Crippen molar-refractivity contribution < 1.29 is 4.79 Å². The van der Waals surface area contributed by atoms with E-state index in [0.717, 1.165) is 24.8 Å². The summed E-state index contributed by atoms with van der Waals surface area (Å²) in [5.74, 6) is 0.433. The lowest BCUT2D eigenvalue weighted by Crippen LogP contribution is -2.32. The molecule has 1 fully saturated rings. The lowest BCUT2D eigenvalue weighted by Gasteiger charge is -2.18. The van der Waals surface area contributed by atoms with Gasteiger partial charge in [-0.2, -0.15) is 0 Å². The van der Waals surface area contributed by atoms with Gasteiger partial charge in [-0.15, -0.1) is 0 Å². The van der Waals surface area contributed by atoms with E-state index in [-0.39, 0.29) is 18.0 Å². The number of carbonyl (C=O) groups excluding carboxylic acids is 1. The molecule has 3 N–H and O–H groups in total. The molecule has 3 atom stereocenters. The minimum Gasteiger partial charge on any atom is -0.350 e. The highest BCUT2D eigenvalue weighted by atomic mass is 35.5. The van der Waals surface area contributed by atoms with Gasteiger partial charge >= 0.3 is 0 Å². The number of nitrogens with one attached hydrogen (secondary N) is 1. The fraction of sp³-hybridized carbons (Fsp3) is 0.533. The maximum atomic E-state index is 12.0. The molecule has 1 amide bonds. The number of halogens is 1. The third-order valence-corrected chi connectivity index (χ3v) is 4.16. The maximum Gasteiger partial charge on any atom is 0.220 e. The number of carbonyl (C=O) groups is 1. The summed E-state index contributed by atoms with van der Waals surface area (Å²) in [5, 5.41) is 3.73. The number of amides is 1.